The van der Waals surface area contributed by atoms with Gasteiger partial charge in [-0.3, -0.25) is 4.79 Å². The third-order valence-corrected chi connectivity index (χ3v) is 2.53. The van der Waals surface area contributed by atoms with Crippen molar-refractivity contribution in [2.45, 2.75) is 13.3 Å². The monoisotopic (exact) mass is 240 g/mol. The van der Waals surface area contributed by atoms with E-state index in [0.717, 1.165) is 12.1 Å². The molecule has 0 amide bonds. The second-order valence-electron chi connectivity index (χ2n) is 3.96. The van der Waals surface area contributed by atoms with Gasteiger partial charge < -0.3 is 9.52 Å². The van der Waals surface area contributed by atoms with Gasteiger partial charge in [-0.2, -0.15) is 0 Å². The van der Waals surface area contributed by atoms with Crippen molar-refractivity contribution in [3.63, 3.8) is 0 Å². The highest BCUT2D eigenvalue weighted by Crippen LogP contribution is 2.25. The molecule has 1 aromatic heterocycles. The summed E-state index contributed by atoms with van der Waals surface area (Å²) in [5, 5.41) is 8.91. The average molecular weight is 240 g/mol. The number of aliphatic carboxylic acids is 1. The summed E-state index contributed by atoms with van der Waals surface area (Å²) in [5.74, 6) is -2.69. The lowest BCUT2D eigenvalue weighted by Gasteiger charge is -2.01. The van der Waals surface area contributed by atoms with E-state index < -0.39 is 23.5 Å². The molecule has 0 aliphatic rings. The van der Waals surface area contributed by atoms with Crippen LogP contribution in [0.25, 0.3) is 11.0 Å². The first-order valence-electron chi connectivity index (χ1n) is 5.07. The topological polar surface area (TPSA) is 50.4 Å². The van der Waals surface area contributed by atoms with Crippen molar-refractivity contribution in [3.05, 3.63) is 35.6 Å². The van der Waals surface area contributed by atoms with Gasteiger partial charge in [0.05, 0.1) is 11.3 Å². The predicted molar refractivity (Wildman–Crippen MR) is 56.6 cm³/mol. The van der Waals surface area contributed by atoms with Gasteiger partial charge in [0.1, 0.15) is 23.0 Å². The largest absolute Gasteiger partial charge is 0.481 e. The molecule has 3 nitrogen and oxygen atoms in total. The molecule has 5 heteroatoms. The molecule has 0 spiro atoms. The average Bonchev–Trinajstić information content (AvgIpc) is 2.60. The van der Waals surface area contributed by atoms with Gasteiger partial charge in [-0.15, -0.1) is 0 Å². The fraction of sp³-hybridized carbons (Fsp3) is 0.250. The van der Waals surface area contributed by atoms with Crippen molar-refractivity contribution in [3.8, 4) is 0 Å². The fourth-order valence-electron chi connectivity index (χ4n) is 1.61. The van der Waals surface area contributed by atoms with Crippen LogP contribution >= 0.6 is 0 Å². The summed E-state index contributed by atoms with van der Waals surface area (Å²) in [6.45, 7) is 1.52. The van der Waals surface area contributed by atoms with E-state index in [2.05, 4.69) is 0 Å². The SMILES string of the molecule is CC(Cc1cc2c(F)cc(F)cc2o1)C(=O)O. The second kappa shape index (κ2) is 4.16. The minimum Gasteiger partial charge on any atom is -0.481 e. The van der Waals surface area contributed by atoms with Crippen molar-refractivity contribution in [2.24, 2.45) is 5.92 Å². The fourth-order valence-corrected chi connectivity index (χ4v) is 1.61. The highest BCUT2D eigenvalue weighted by Gasteiger charge is 2.16. The summed E-state index contributed by atoms with van der Waals surface area (Å²) in [5.41, 5.74) is 0.0927. The maximum atomic E-state index is 13.3. The highest BCUT2D eigenvalue weighted by molar-refractivity contribution is 5.79. The van der Waals surface area contributed by atoms with E-state index in [-0.39, 0.29) is 17.4 Å². The Morgan fingerprint density at radius 1 is 1.41 bits per heavy atom. The quantitative estimate of drug-likeness (QED) is 0.897. The smallest absolute Gasteiger partial charge is 0.306 e. The van der Waals surface area contributed by atoms with Crippen LogP contribution in [-0.2, 0) is 11.2 Å². The number of hydrogen-bond acceptors (Lipinski definition) is 2. The normalized spacial score (nSPS) is 12.9. The number of carbonyl (C=O) groups is 1. The zero-order valence-corrected chi connectivity index (χ0v) is 9.04. The lowest BCUT2D eigenvalue weighted by Crippen LogP contribution is -2.11. The number of benzene rings is 1. The Kier molecular flexibility index (Phi) is 2.83. The maximum absolute atomic E-state index is 13.3. The molecule has 90 valence electrons. The van der Waals surface area contributed by atoms with E-state index in [9.17, 15) is 13.6 Å². The number of hydrogen-bond donors (Lipinski definition) is 1. The summed E-state index contributed by atoms with van der Waals surface area (Å²) >= 11 is 0. The van der Waals surface area contributed by atoms with Crippen LogP contribution in [0.3, 0.4) is 0 Å². The first-order valence-corrected chi connectivity index (χ1v) is 5.07. The molecule has 0 bridgehead atoms. The Balaban J connectivity index is 2.38. The Hall–Kier alpha value is -1.91. The molecule has 1 N–H and O–H groups in total. The van der Waals surface area contributed by atoms with Gasteiger partial charge in [0.25, 0.3) is 0 Å². The van der Waals surface area contributed by atoms with Gasteiger partial charge in [0.15, 0.2) is 0 Å². The predicted octanol–water partition coefficient (Wildman–Crippen LogP) is 2.97. The summed E-state index contributed by atoms with van der Waals surface area (Å²) in [4.78, 5) is 10.7. The lowest BCUT2D eigenvalue weighted by molar-refractivity contribution is -0.141. The van der Waals surface area contributed by atoms with Gasteiger partial charge in [-0.1, -0.05) is 6.92 Å². The zero-order chi connectivity index (χ0) is 12.6. The van der Waals surface area contributed by atoms with Gasteiger partial charge in [-0.05, 0) is 6.07 Å². The van der Waals surface area contributed by atoms with Crippen LogP contribution in [0, 0.1) is 17.6 Å². The third-order valence-electron chi connectivity index (χ3n) is 2.53. The molecule has 0 fully saturated rings. The van der Waals surface area contributed by atoms with Gasteiger partial charge >= 0.3 is 5.97 Å². The first-order chi connectivity index (χ1) is 7.97. The Bertz CT molecular complexity index is 574. The molecular formula is C12H10F2O3. The molecule has 0 radical (unpaired) electrons. The molecule has 0 aliphatic carbocycles. The number of carboxylic acid groups (broad SMARTS) is 1. The van der Waals surface area contributed by atoms with E-state index in [1.807, 2.05) is 0 Å². The lowest BCUT2D eigenvalue weighted by atomic mass is 10.1. The molecule has 0 saturated carbocycles. The molecular weight excluding hydrogens is 230 g/mol. The Morgan fingerprint density at radius 2 is 2.12 bits per heavy atom. The minimum absolute atomic E-state index is 0.0927. The summed E-state index contributed by atoms with van der Waals surface area (Å²) in [6, 6.07) is 3.25. The van der Waals surface area contributed by atoms with Crippen LogP contribution in [0.15, 0.2) is 22.6 Å². The maximum Gasteiger partial charge on any atom is 0.306 e. The summed E-state index contributed by atoms with van der Waals surface area (Å²) in [7, 11) is 0. The summed E-state index contributed by atoms with van der Waals surface area (Å²) in [6.07, 6.45) is 0.144. The van der Waals surface area contributed by atoms with Crippen LogP contribution in [0.1, 0.15) is 12.7 Å². The van der Waals surface area contributed by atoms with E-state index in [0.29, 0.717) is 5.76 Å². The van der Waals surface area contributed by atoms with Crippen LogP contribution in [0.2, 0.25) is 0 Å². The van der Waals surface area contributed by atoms with E-state index >= 15 is 0 Å². The van der Waals surface area contributed by atoms with Crippen LogP contribution in [0.5, 0.6) is 0 Å². The number of halogens is 2. The van der Waals surface area contributed by atoms with E-state index in [4.69, 9.17) is 9.52 Å². The van der Waals surface area contributed by atoms with Gasteiger partial charge in [0.2, 0.25) is 0 Å². The zero-order valence-electron chi connectivity index (χ0n) is 9.04. The Morgan fingerprint density at radius 3 is 2.76 bits per heavy atom. The number of carboxylic acids is 1. The number of furan rings is 1. The third kappa shape index (κ3) is 2.27. The van der Waals surface area contributed by atoms with Crippen LogP contribution in [0.4, 0.5) is 8.78 Å². The van der Waals surface area contributed by atoms with Gasteiger partial charge in [-0.25, -0.2) is 8.78 Å². The van der Waals surface area contributed by atoms with Crippen molar-refractivity contribution < 1.29 is 23.1 Å². The number of fused-ring (bicyclic) bond motifs is 1. The second-order valence-corrected chi connectivity index (χ2v) is 3.96. The Labute approximate surface area is 95.7 Å². The van der Waals surface area contributed by atoms with Crippen LogP contribution < -0.4 is 0 Å². The van der Waals surface area contributed by atoms with Crippen LogP contribution in [-0.4, -0.2) is 11.1 Å². The molecule has 1 heterocycles. The molecule has 17 heavy (non-hydrogen) atoms. The van der Waals surface area contributed by atoms with E-state index in [1.165, 1.54) is 13.0 Å². The molecule has 1 aromatic carbocycles. The molecule has 2 rings (SSSR count). The number of rotatable bonds is 3. The van der Waals surface area contributed by atoms with E-state index in [1.54, 1.807) is 0 Å². The highest BCUT2D eigenvalue weighted by atomic mass is 19.1. The molecule has 0 saturated heterocycles. The standard InChI is InChI=1S/C12H10F2O3/c1-6(12(15)16)2-8-5-9-10(14)3-7(13)4-11(9)17-8/h3-6H,2H2,1H3,(H,15,16). The van der Waals surface area contributed by atoms with Crippen molar-refractivity contribution in [1.29, 1.82) is 0 Å². The van der Waals surface area contributed by atoms with Gasteiger partial charge in [0, 0.05) is 18.6 Å². The van der Waals surface area contributed by atoms with Crippen molar-refractivity contribution >= 4 is 16.9 Å². The molecule has 1 atom stereocenters. The van der Waals surface area contributed by atoms with Crippen molar-refractivity contribution in [1.82, 2.24) is 0 Å². The molecule has 2 aromatic rings. The van der Waals surface area contributed by atoms with Crippen molar-refractivity contribution in [2.75, 3.05) is 0 Å². The molecule has 0 aliphatic heterocycles. The molecule has 1 unspecified atom stereocenters. The summed E-state index contributed by atoms with van der Waals surface area (Å²) < 4.78 is 31.5. The minimum atomic E-state index is -0.961. The first kappa shape index (κ1) is 11.6.